The van der Waals surface area contributed by atoms with Crippen molar-refractivity contribution in [3.8, 4) is 11.5 Å². The molecule has 1 rings (SSSR count). The maximum absolute atomic E-state index is 5.52. The van der Waals surface area contributed by atoms with Gasteiger partial charge in [-0.2, -0.15) is 0 Å². The predicted octanol–water partition coefficient (Wildman–Crippen LogP) is 3.20. The molecule has 0 radical (unpaired) electrons. The minimum absolute atomic E-state index is 0. The average molecular weight is 316 g/mol. The van der Waals surface area contributed by atoms with Gasteiger partial charge in [0.2, 0.25) is 0 Å². The maximum Gasteiger partial charge on any atom is 0.161 e. The highest BCUT2D eigenvalue weighted by Gasteiger charge is 2.05. The van der Waals surface area contributed by atoms with E-state index in [-0.39, 0.29) is 12.4 Å². The van der Waals surface area contributed by atoms with Gasteiger partial charge in [0, 0.05) is 19.8 Å². The largest absolute Gasteiger partial charge is 0.493 e. The Morgan fingerprint density at radius 2 is 2.10 bits per heavy atom. The van der Waals surface area contributed by atoms with Crippen molar-refractivity contribution in [2.75, 3.05) is 33.5 Å². The van der Waals surface area contributed by atoms with Crippen LogP contribution in [0.5, 0.6) is 11.5 Å². The van der Waals surface area contributed by atoms with Gasteiger partial charge in [0.15, 0.2) is 11.5 Å². The van der Waals surface area contributed by atoms with Crippen molar-refractivity contribution in [1.29, 1.82) is 0 Å². The van der Waals surface area contributed by atoms with E-state index >= 15 is 0 Å². The fourth-order valence-electron chi connectivity index (χ4n) is 1.77. The summed E-state index contributed by atoms with van der Waals surface area (Å²) in [6, 6.07) is 5.96. The molecule has 0 saturated heterocycles. The van der Waals surface area contributed by atoms with Gasteiger partial charge < -0.3 is 19.5 Å². The highest BCUT2D eigenvalue weighted by atomic mass is 35.5. The van der Waals surface area contributed by atoms with Gasteiger partial charge in [-0.05, 0) is 37.6 Å². The molecule has 0 aliphatic carbocycles. The average Bonchev–Trinajstić information content (AvgIpc) is 2.49. The van der Waals surface area contributed by atoms with Crippen LogP contribution in [0.4, 0.5) is 0 Å². The molecular weight excluding hydrogens is 290 g/mol. The molecule has 0 heterocycles. The number of methoxy groups -OCH3 is 1. The van der Waals surface area contributed by atoms with Crippen LogP contribution in [0.25, 0.3) is 0 Å². The summed E-state index contributed by atoms with van der Waals surface area (Å²) in [4.78, 5) is 0. The second-order valence-corrected chi connectivity index (χ2v) is 4.31. The van der Waals surface area contributed by atoms with Gasteiger partial charge in [-0.15, -0.1) is 12.4 Å². The molecule has 0 aromatic heterocycles. The number of benzene rings is 1. The Labute approximate surface area is 133 Å². The summed E-state index contributed by atoms with van der Waals surface area (Å²) in [5, 5.41) is 3.38. The normalized spacial score (nSPS) is 9.81. The first kappa shape index (κ1) is 19.8. The Kier molecular flexibility index (Phi) is 11.8. The van der Waals surface area contributed by atoms with Crippen molar-refractivity contribution in [3.05, 3.63) is 36.4 Å². The van der Waals surface area contributed by atoms with Gasteiger partial charge in [-0.1, -0.05) is 18.7 Å². The summed E-state index contributed by atoms with van der Waals surface area (Å²) in [7, 11) is 1.65. The minimum Gasteiger partial charge on any atom is -0.493 e. The van der Waals surface area contributed by atoms with Crippen molar-refractivity contribution in [1.82, 2.24) is 5.32 Å². The van der Waals surface area contributed by atoms with Crippen LogP contribution >= 0.6 is 12.4 Å². The van der Waals surface area contributed by atoms with Gasteiger partial charge >= 0.3 is 0 Å². The topological polar surface area (TPSA) is 39.7 Å². The van der Waals surface area contributed by atoms with Crippen LogP contribution in [-0.2, 0) is 11.3 Å². The summed E-state index contributed by atoms with van der Waals surface area (Å²) in [5.74, 6) is 1.49. The standard InChI is InChI=1S/C16H25NO3.ClH/c1-4-10-20-15-8-7-14(12-16(15)18-3)13-17-9-6-11-19-5-2;/h4,7-8,12,17H,1,5-6,9-11,13H2,2-3H3;1H. The first-order chi connectivity index (χ1) is 9.81. The lowest BCUT2D eigenvalue weighted by molar-refractivity contribution is 0.144. The summed E-state index contributed by atoms with van der Waals surface area (Å²) < 4.78 is 16.1. The van der Waals surface area contributed by atoms with E-state index in [4.69, 9.17) is 14.2 Å². The third kappa shape index (κ3) is 7.95. The smallest absolute Gasteiger partial charge is 0.161 e. The molecule has 0 fully saturated rings. The van der Waals surface area contributed by atoms with Gasteiger partial charge in [-0.25, -0.2) is 0 Å². The molecule has 0 atom stereocenters. The predicted molar refractivity (Wildman–Crippen MR) is 88.8 cm³/mol. The molecule has 21 heavy (non-hydrogen) atoms. The molecule has 1 N–H and O–H groups in total. The van der Waals surface area contributed by atoms with Crippen LogP contribution in [-0.4, -0.2) is 33.5 Å². The lowest BCUT2D eigenvalue weighted by Gasteiger charge is -2.11. The molecule has 0 aliphatic rings. The molecule has 0 bridgehead atoms. The first-order valence-electron chi connectivity index (χ1n) is 7.00. The molecule has 0 amide bonds. The van der Waals surface area contributed by atoms with E-state index in [1.807, 2.05) is 25.1 Å². The van der Waals surface area contributed by atoms with Crippen molar-refractivity contribution >= 4 is 12.4 Å². The molecule has 0 unspecified atom stereocenters. The number of nitrogens with one attached hydrogen (secondary N) is 1. The zero-order valence-corrected chi connectivity index (χ0v) is 13.7. The molecular formula is C16H26ClNO3. The third-order valence-electron chi connectivity index (χ3n) is 2.76. The SMILES string of the molecule is C=CCOc1ccc(CNCCCOCC)cc1OC.Cl. The number of ether oxygens (including phenoxy) is 3. The number of halogens is 1. The van der Waals surface area contributed by atoms with E-state index in [1.165, 1.54) is 5.56 Å². The van der Waals surface area contributed by atoms with E-state index in [2.05, 4.69) is 11.9 Å². The molecule has 5 heteroatoms. The summed E-state index contributed by atoms with van der Waals surface area (Å²) in [6.45, 7) is 9.46. The van der Waals surface area contributed by atoms with Crippen molar-refractivity contribution < 1.29 is 14.2 Å². The Bertz CT molecular complexity index is 399. The number of hydrogen-bond acceptors (Lipinski definition) is 4. The Balaban J connectivity index is 0.00000400. The quantitative estimate of drug-likeness (QED) is 0.503. The third-order valence-corrected chi connectivity index (χ3v) is 2.76. The van der Waals surface area contributed by atoms with Crippen molar-refractivity contribution in [3.63, 3.8) is 0 Å². The maximum atomic E-state index is 5.52. The van der Waals surface area contributed by atoms with Crippen LogP contribution in [0, 0.1) is 0 Å². The summed E-state index contributed by atoms with van der Waals surface area (Å²) >= 11 is 0. The second-order valence-electron chi connectivity index (χ2n) is 4.31. The molecule has 1 aromatic carbocycles. The first-order valence-corrected chi connectivity index (χ1v) is 7.00. The van der Waals surface area contributed by atoms with E-state index in [9.17, 15) is 0 Å². The lowest BCUT2D eigenvalue weighted by Crippen LogP contribution is -2.16. The molecule has 1 aromatic rings. The fraction of sp³-hybridized carbons (Fsp3) is 0.500. The monoisotopic (exact) mass is 315 g/mol. The summed E-state index contributed by atoms with van der Waals surface area (Å²) in [5.41, 5.74) is 1.17. The van der Waals surface area contributed by atoms with Crippen molar-refractivity contribution in [2.24, 2.45) is 0 Å². The number of rotatable bonds is 11. The van der Waals surface area contributed by atoms with Crippen molar-refractivity contribution in [2.45, 2.75) is 19.9 Å². The van der Waals surface area contributed by atoms with Gasteiger partial charge in [0.05, 0.1) is 7.11 Å². The zero-order chi connectivity index (χ0) is 14.6. The van der Waals surface area contributed by atoms with Gasteiger partial charge in [0.1, 0.15) is 6.61 Å². The van der Waals surface area contributed by atoms with E-state index in [0.29, 0.717) is 6.61 Å². The zero-order valence-electron chi connectivity index (χ0n) is 12.9. The Morgan fingerprint density at radius 1 is 1.29 bits per heavy atom. The Morgan fingerprint density at radius 3 is 2.76 bits per heavy atom. The molecule has 0 saturated carbocycles. The van der Waals surface area contributed by atoms with E-state index < -0.39 is 0 Å². The van der Waals surface area contributed by atoms with E-state index in [0.717, 1.165) is 44.2 Å². The van der Waals surface area contributed by atoms with Crippen LogP contribution in [0.3, 0.4) is 0 Å². The fourth-order valence-corrected chi connectivity index (χ4v) is 1.77. The molecule has 4 nitrogen and oxygen atoms in total. The Hall–Kier alpha value is -1.23. The lowest BCUT2D eigenvalue weighted by atomic mass is 10.2. The van der Waals surface area contributed by atoms with Gasteiger partial charge in [-0.3, -0.25) is 0 Å². The molecule has 120 valence electrons. The number of hydrogen-bond donors (Lipinski definition) is 1. The second kappa shape index (κ2) is 12.5. The highest BCUT2D eigenvalue weighted by molar-refractivity contribution is 5.85. The van der Waals surface area contributed by atoms with Crippen LogP contribution < -0.4 is 14.8 Å². The van der Waals surface area contributed by atoms with Crippen LogP contribution in [0.2, 0.25) is 0 Å². The van der Waals surface area contributed by atoms with Crippen LogP contribution in [0.15, 0.2) is 30.9 Å². The highest BCUT2D eigenvalue weighted by Crippen LogP contribution is 2.27. The van der Waals surface area contributed by atoms with Crippen LogP contribution in [0.1, 0.15) is 18.9 Å². The molecule has 0 aliphatic heterocycles. The summed E-state index contributed by atoms with van der Waals surface area (Å²) in [6.07, 6.45) is 2.73. The van der Waals surface area contributed by atoms with Gasteiger partial charge in [0.25, 0.3) is 0 Å². The molecule has 0 spiro atoms. The van der Waals surface area contributed by atoms with E-state index in [1.54, 1.807) is 13.2 Å². The minimum atomic E-state index is 0.